The molecule has 4 nitrogen and oxygen atoms in total. The highest BCUT2D eigenvalue weighted by molar-refractivity contribution is 7.13. The minimum Gasteiger partial charge on any atom is -0.397 e. The van der Waals surface area contributed by atoms with Crippen molar-refractivity contribution in [1.29, 1.82) is 0 Å². The number of nitrogens with two attached hydrogens (primary N) is 1. The fourth-order valence-electron chi connectivity index (χ4n) is 1.96. The Bertz CT molecular complexity index is 754. The molecular weight excluding hydrogens is 282 g/mol. The van der Waals surface area contributed by atoms with Gasteiger partial charge in [-0.25, -0.2) is 4.98 Å². The molecule has 1 amide bonds. The number of nitrogen functional groups attached to an aromatic ring is 1. The first-order valence-electron chi connectivity index (χ1n) is 6.40. The minimum atomic E-state index is -0.177. The molecule has 1 aromatic heterocycles. The number of nitrogens with one attached hydrogen (secondary N) is 1. The van der Waals surface area contributed by atoms with Gasteiger partial charge in [0.05, 0.1) is 11.4 Å². The van der Waals surface area contributed by atoms with E-state index in [1.165, 1.54) is 0 Å². The monoisotopic (exact) mass is 295 g/mol. The smallest absolute Gasteiger partial charge is 0.255 e. The van der Waals surface area contributed by atoms with Crippen molar-refractivity contribution < 1.29 is 4.79 Å². The molecule has 0 bridgehead atoms. The van der Waals surface area contributed by atoms with Gasteiger partial charge in [-0.3, -0.25) is 4.79 Å². The Labute approximate surface area is 126 Å². The molecule has 3 aromatic rings. The molecule has 0 radical (unpaired) electrons. The normalized spacial score (nSPS) is 10.3. The number of carbonyl (C=O) groups excluding carboxylic acids is 1. The van der Waals surface area contributed by atoms with E-state index in [0.29, 0.717) is 16.9 Å². The summed E-state index contributed by atoms with van der Waals surface area (Å²) in [5.74, 6) is -0.177. The molecule has 0 aliphatic rings. The number of nitrogens with zero attached hydrogens (tertiary/aromatic N) is 1. The van der Waals surface area contributed by atoms with E-state index in [1.807, 2.05) is 35.7 Å². The van der Waals surface area contributed by atoms with Crippen LogP contribution in [0.3, 0.4) is 0 Å². The highest BCUT2D eigenvalue weighted by Crippen LogP contribution is 2.28. The zero-order valence-electron chi connectivity index (χ0n) is 11.1. The van der Waals surface area contributed by atoms with E-state index in [1.54, 1.807) is 35.7 Å². The Kier molecular flexibility index (Phi) is 3.66. The molecule has 0 spiro atoms. The van der Waals surface area contributed by atoms with E-state index in [0.717, 1.165) is 10.6 Å². The summed E-state index contributed by atoms with van der Waals surface area (Å²) in [4.78, 5) is 16.3. The Morgan fingerprint density at radius 2 is 1.95 bits per heavy atom. The van der Waals surface area contributed by atoms with Gasteiger partial charge in [0.1, 0.15) is 5.01 Å². The zero-order valence-corrected chi connectivity index (χ0v) is 11.9. The lowest BCUT2D eigenvalue weighted by Gasteiger charge is -2.09. The van der Waals surface area contributed by atoms with Gasteiger partial charge in [-0.15, -0.1) is 11.3 Å². The molecule has 5 heteroatoms. The molecule has 0 aliphatic carbocycles. The number of hydrogen-bond donors (Lipinski definition) is 2. The first-order chi connectivity index (χ1) is 10.2. The quantitative estimate of drug-likeness (QED) is 0.725. The van der Waals surface area contributed by atoms with Crippen molar-refractivity contribution >= 4 is 28.6 Å². The molecule has 3 rings (SSSR count). The third-order valence-corrected chi connectivity index (χ3v) is 3.84. The summed E-state index contributed by atoms with van der Waals surface area (Å²) in [6.07, 6.45) is 1.75. The third kappa shape index (κ3) is 2.93. The van der Waals surface area contributed by atoms with Crippen LogP contribution in [0.1, 0.15) is 10.4 Å². The van der Waals surface area contributed by atoms with E-state index >= 15 is 0 Å². The van der Waals surface area contributed by atoms with Crippen molar-refractivity contribution in [1.82, 2.24) is 4.98 Å². The van der Waals surface area contributed by atoms with E-state index < -0.39 is 0 Å². The summed E-state index contributed by atoms with van der Waals surface area (Å²) in [6, 6.07) is 14.6. The molecule has 2 aromatic carbocycles. The highest BCUT2D eigenvalue weighted by Gasteiger charge is 2.09. The van der Waals surface area contributed by atoms with E-state index in [-0.39, 0.29) is 5.91 Å². The molecule has 104 valence electrons. The summed E-state index contributed by atoms with van der Waals surface area (Å²) < 4.78 is 0. The number of anilines is 2. The molecule has 0 fully saturated rings. The van der Waals surface area contributed by atoms with Crippen molar-refractivity contribution in [3.8, 4) is 10.6 Å². The van der Waals surface area contributed by atoms with Crippen molar-refractivity contribution in [3.63, 3.8) is 0 Å². The van der Waals surface area contributed by atoms with Crippen LogP contribution in [0.4, 0.5) is 11.4 Å². The van der Waals surface area contributed by atoms with Crippen LogP contribution < -0.4 is 11.1 Å². The second-order valence-electron chi connectivity index (χ2n) is 4.46. The maximum Gasteiger partial charge on any atom is 0.255 e. The van der Waals surface area contributed by atoms with Gasteiger partial charge >= 0.3 is 0 Å². The van der Waals surface area contributed by atoms with Crippen molar-refractivity contribution in [2.24, 2.45) is 0 Å². The summed E-state index contributed by atoms with van der Waals surface area (Å²) in [5.41, 5.74) is 8.68. The number of aromatic nitrogens is 1. The van der Waals surface area contributed by atoms with Crippen LogP contribution >= 0.6 is 11.3 Å². The van der Waals surface area contributed by atoms with E-state index in [4.69, 9.17) is 5.73 Å². The van der Waals surface area contributed by atoms with Gasteiger partial charge in [-0.05, 0) is 30.3 Å². The molecule has 0 aliphatic heterocycles. The van der Waals surface area contributed by atoms with Crippen molar-refractivity contribution in [2.75, 3.05) is 11.1 Å². The molecule has 0 saturated carbocycles. The lowest BCUT2D eigenvalue weighted by atomic mass is 10.1. The number of rotatable bonds is 3. The lowest BCUT2D eigenvalue weighted by Crippen LogP contribution is -2.12. The number of thiazole rings is 1. The van der Waals surface area contributed by atoms with Crippen LogP contribution in [0.5, 0.6) is 0 Å². The number of carbonyl (C=O) groups is 1. The SMILES string of the molecule is Nc1cc(-c2nccs2)ccc1NC(=O)c1ccccc1. The average Bonchev–Trinajstić information content (AvgIpc) is 3.04. The molecule has 0 unspecified atom stereocenters. The standard InChI is InChI=1S/C16H13N3OS/c17-13-10-12(16-18-8-9-21-16)6-7-14(13)19-15(20)11-4-2-1-3-5-11/h1-10H,17H2,(H,19,20). The van der Waals surface area contributed by atoms with Crippen LogP contribution in [0, 0.1) is 0 Å². The fraction of sp³-hybridized carbons (Fsp3) is 0. The predicted molar refractivity (Wildman–Crippen MR) is 86.4 cm³/mol. The van der Waals surface area contributed by atoms with Crippen LogP contribution in [-0.2, 0) is 0 Å². The summed E-state index contributed by atoms with van der Waals surface area (Å²) >= 11 is 1.55. The molecule has 3 N–H and O–H groups in total. The molecule has 1 heterocycles. The van der Waals surface area contributed by atoms with Crippen LogP contribution in [0.25, 0.3) is 10.6 Å². The summed E-state index contributed by atoms with van der Waals surface area (Å²) in [6.45, 7) is 0. The van der Waals surface area contributed by atoms with Crippen LogP contribution in [0.2, 0.25) is 0 Å². The lowest BCUT2D eigenvalue weighted by molar-refractivity contribution is 0.102. The molecule has 0 atom stereocenters. The maximum atomic E-state index is 12.1. The molecule has 0 saturated heterocycles. The zero-order chi connectivity index (χ0) is 14.7. The van der Waals surface area contributed by atoms with Crippen LogP contribution in [-0.4, -0.2) is 10.9 Å². The fourth-order valence-corrected chi connectivity index (χ4v) is 2.59. The Morgan fingerprint density at radius 3 is 2.62 bits per heavy atom. The summed E-state index contributed by atoms with van der Waals surface area (Å²) in [7, 11) is 0. The maximum absolute atomic E-state index is 12.1. The van der Waals surface area contributed by atoms with Gasteiger partial charge in [-0.2, -0.15) is 0 Å². The van der Waals surface area contributed by atoms with Gasteiger partial charge in [0.25, 0.3) is 5.91 Å². The Balaban J connectivity index is 1.82. The topological polar surface area (TPSA) is 68.0 Å². The van der Waals surface area contributed by atoms with Crippen molar-refractivity contribution in [2.45, 2.75) is 0 Å². The highest BCUT2D eigenvalue weighted by atomic mass is 32.1. The van der Waals surface area contributed by atoms with Gasteiger partial charge in [-0.1, -0.05) is 18.2 Å². The number of benzene rings is 2. The van der Waals surface area contributed by atoms with Gasteiger partial charge in [0.15, 0.2) is 0 Å². The second-order valence-corrected chi connectivity index (χ2v) is 5.35. The van der Waals surface area contributed by atoms with Gasteiger partial charge < -0.3 is 11.1 Å². The molecular formula is C16H13N3OS. The predicted octanol–water partition coefficient (Wildman–Crippen LogP) is 3.64. The van der Waals surface area contributed by atoms with E-state index in [2.05, 4.69) is 10.3 Å². The first-order valence-corrected chi connectivity index (χ1v) is 7.28. The van der Waals surface area contributed by atoms with Gasteiger partial charge in [0.2, 0.25) is 0 Å². The Morgan fingerprint density at radius 1 is 1.14 bits per heavy atom. The number of hydrogen-bond acceptors (Lipinski definition) is 4. The Hall–Kier alpha value is -2.66. The minimum absolute atomic E-state index is 0.177. The van der Waals surface area contributed by atoms with Crippen LogP contribution in [0.15, 0.2) is 60.1 Å². The second kappa shape index (κ2) is 5.76. The van der Waals surface area contributed by atoms with Crippen molar-refractivity contribution in [3.05, 3.63) is 65.7 Å². The average molecular weight is 295 g/mol. The molecule has 21 heavy (non-hydrogen) atoms. The largest absolute Gasteiger partial charge is 0.397 e. The third-order valence-electron chi connectivity index (χ3n) is 3.02. The first kappa shape index (κ1) is 13.3. The summed E-state index contributed by atoms with van der Waals surface area (Å²) in [5, 5.41) is 5.64. The van der Waals surface area contributed by atoms with Gasteiger partial charge in [0, 0.05) is 22.7 Å². The number of amides is 1. The van der Waals surface area contributed by atoms with E-state index in [9.17, 15) is 4.79 Å².